The Kier molecular flexibility index (Phi) is 6.22. The van der Waals surface area contributed by atoms with E-state index in [1.54, 1.807) is 7.11 Å². The molecule has 0 atom stereocenters. The van der Waals surface area contributed by atoms with Crippen molar-refractivity contribution in [3.05, 3.63) is 65.5 Å². The number of nitrogens with zero attached hydrogens (tertiary/aromatic N) is 4. The van der Waals surface area contributed by atoms with Crippen molar-refractivity contribution in [2.75, 3.05) is 33.3 Å². The first-order chi connectivity index (χ1) is 14.2. The van der Waals surface area contributed by atoms with Crippen molar-refractivity contribution in [3.8, 4) is 17.1 Å². The van der Waals surface area contributed by atoms with Gasteiger partial charge >= 0.3 is 0 Å². The van der Waals surface area contributed by atoms with E-state index >= 15 is 0 Å². The van der Waals surface area contributed by atoms with Crippen molar-refractivity contribution in [3.63, 3.8) is 0 Å². The van der Waals surface area contributed by atoms with Crippen molar-refractivity contribution in [1.82, 2.24) is 19.9 Å². The highest BCUT2D eigenvalue weighted by atomic mass is 16.5. The number of benzene rings is 2. The zero-order valence-electron chi connectivity index (χ0n) is 17.2. The van der Waals surface area contributed by atoms with Gasteiger partial charge in [0.15, 0.2) is 0 Å². The van der Waals surface area contributed by atoms with Crippen molar-refractivity contribution >= 4 is 0 Å². The Morgan fingerprint density at radius 3 is 2.10 bits per heavy atom. The van der Waals surface area contributed by atoms with Gasteiger partial charge in [0.05, 0.1) is 13.7 Å². The van der Waals surface area contributed by atoms with Crippen LogP contribution >= 0.6 is 0 Å². The van der Waals surface area contributed by atoms with Crippen LogP contribution in [0.25, 0.3) is 11.4 Å². The third-order valence-corrected chi connectivity index (χ3v) is 5.48. The Hall–Kier alpha value is -2.70. The molecular formula is C23H28N4O2. The van der Waals surface area contributed by atoms with Crippen molar-refractivity contribution < 1.29 is 9.26 Å². The average molecular weight is 393 g/mol. The molecule has 0 bridgehead atoms. The van der Waals surface area contributed by atoms with Crippen LogP contribution in [0.4, 0.5) is 0 Å². The Morgan fingerprint density at radius 1 is 0.862 bits per heavy atom. The fourth-order valence-electron chi connectivity index (χ4n) is 3.61. The summed E-state index contributed by atoms with van der Waals surface area (Å²) in [6.45, 7) is 7.89. The molecule has 1 aliphatic heterocycles. The summed E-state index contributed by atoms with van der Waals surface area (Å²) in [5.74, 6) is 2.25. The number of rotatable bonds is 7. The summed E-state index contributed by atoms with van der Waals surface area (Å²) in [5.41, 5.74) is 3.63. The van der Waals surface area contributed by atoms with Gasteiger partial charge in [0.25, 0.3) is 0 Å². The third kappa shape index (κ3) is 5.02. The smallest absolute Gasteiger partial charge is 0.241 e. The lowest BCUT2D eigenvalue weighted by molar-refractivity contribution is 0.112. The van der Waals surface area contributed by atoms with Gasteiger partial charge < -0.3 is 9.26 Å². The summed E-state index contributed by atoms with van der Waals surface area (Å²) in [6.07, 6.45) is 1.03. The van der Waals surface area contributed by atoms with Gasteiger partial charge in [-0.05, 0) is 29.7 Å². The zero-order valence-corrected chi connectivity index (χ0v) is 17.2. The third-order valence-electron chi connectivity index (χ3n) is 5.48. The highest BCUT2D eigenvalue weighted by molar-refractivity contribution is 5.54. The van der Waals surface area contributed by atoms with E-state index in [2.05, 4.69) is 63.3 Å². The molecule has 0 unspecified atom stereocenters. The van der Waals surface area contributed by atoms with E-state index in [9.17, 15) is 0 Å². The summed E-state index contributed by atoms with van der Waals surface area (Å²) in [5, 5.41) is 4.16. The normalized spacial score (nSPS) is 15.5. The lowest BCUT2D eigenvalue weighted by Crippen LogP contribution is -2.45. The molecule has 0 radical (unpaired) electrons. The minimum atomic E-state index is 0.667. The van der Waals surface area contributed by atoms with E-state index in [0.29, 0.717) is 18.3 Å². The molecule has 3 aromatic rings. The monoisotopic (exact) mass is 392 g/mol. The number of ether oxygens (including phenoxy) is 1. The van der Waals surface area contributed by atoms with Crippen molar-refractivity contribution in [2.45, 2.75) is 26.4 Å². The minimum absolute atomic E-state index is 0.667. The molecule has 0 N–H and O–H groups in total. The number of hydrogen-bond donors (Lipinski definition) is 0. The van der Waals surface area contributed by atoms with Crippen LogP contribution in [0.3, 0.4) is 0 Å². The van der Waals surface area contributed by atoms with Crippen LogP contribution in [0.2, 0.25) is 0 Å². The molecule has 29 heavy (non-hydrogen) atoms. The van der Waals surface area contributed by atoms with Gasteiger partial charge in [-0.25, -0.2) is 0 Å². The number of aryl methyl sites for hydroxylation is 1. The summed E-state index contributed by atoms with van der Waals surface area (Å²) < 4.78 is 10.7. The van der Waals surface area contributed by atoms with E-state index in [-0.39, 0.29) is 0 Å². The Morgan fingerprint density at radius 2 is 1.48 bits per heavy atom. The van der Waals surface area contributed by atoms with Gasteiger partial charge in [-0.3, -0.25) is 9.80 Å². The maximum atomic E-state index is 5.49. The maximum Gasteiger partial charge on any atom is 0.241 e. The average Bonchev–Trinajstić information content (AvgIpc) is 3.24. The van der Waals surface area contributed by atoms with E-state index in [1.165, 1.54) is 11.1 Å². The number of piperazine rings is 1. The summed E-state index contributed by atoms with van der Waals surface area (Å²) in [6, 6.07) is 16.7. The molecule has 2 aromatic carbocycles. The van der Waals surface area contributed by atoms with Gasteiger partial charge in [0, 0.05) is 38.3 Å². The predicted molar refractivity (Wildman–Crippen MR) is 113 cm³/mol. The van der Waals surface area contributed by atoms with Crippen LogP contribution in [0.15, 0.2) is 53.1 Å². The molecule has 0 aliphatic carbocycles. The van der Waals surface area contributed by atoms with Gasteiger partial charge in [-0.15, -0.1) is 0 Å². The largest absolute Gasteiger partial charge is 0.497 e. The highest BCUT2D eigenvalue weighted by Crippen LogP contribution is 2.18. The first-order valence-electron chi connectivity index (χ1n) is 10.2. The topological polar surface area (TPSA) is 54.6 Å². The van der Waals surface area contributed by atoms with E-state index < -0.39 is 0 Å². The highest BCUT2D eigenvalue weighted by Gasteiger charge is 2.19. The number of methoxy groups -OCH3 is 1. The SMILES string of the molecule is CCc1ccc(-c2noc(CN3CCN(Cc4ccc(OC)cc4)CC3)n2)cc1. The molecule has 1 saturated heterocycles. The van der Waals surface area contributed by atoms with Crippen LogP contribution < -0.4 is 4.74 Å². The first-order valence-corrected chi connectivity index (χ1v) is 10.2. The molecule has 6 heteroatoms. The van der Waals surface area contributed by atoms with E-state index in [0.717, 1.165) is 50.5 Å². The minimum Gasteiger partial charge on any atom is -0.497 e. The van der Waals surface area contributed by atoms with Crippen molar-refractivity contribution in [2.24, 2.45) is 0 Å². The summed E-state index contributed by atoms with van der Waals surface area (Å²) in [4.78, 5) is 9.44. The number of aromatic nitrogens is 2. The van der Waals surface area contributed by atoms with E-state index in [1.807, 2.05) is 12.1 Å². The zero-order chi connectivity index (χ0) is 20.1. The molecule has 6 nitrogen and oxygen atoms in total. The standard InChI is InChI=1S/C23H28N4O2/c1-3-18-4-8-20(9-5-18)23-24-22(29-25-23)17-27-14-12-26(13-15-27)16-19-6-10-21(28-2)11-7-19/h4-11H,3,12-17H2,1-2H3. The second-order valence-electron chi connectivity index (χ2n) is 7.46. The molecule has 1 fully saturated rings. The fraction of sp³-hybridized carbons (Fsp3) is 0.391. The molecule has 1 aromatic heterocycles. The van der Waals surface area contributed by atoms with Crippen LogP contribution in [0, 0.1) is 0 Å². The number of hydrogen-bond acceptors (Lipinski definition) is 6. The van der Waals surface area contributed by atoms with Gasteiger partial charge in [0.1, 0.15) is 5.75 Å². The second kappa shape index (κ2) is 9.20. The molecule has 4 rings (SSSR count). The second-order valence-corrected chi connectivity index (χ2v) is 7.46. The first kappa shape index (κ1) is 19.6. The Balaban J connectivity index is 1.27. The van der Waals surface area contributed by atoms with Crippen molar-refractivity contribution in [1.29, 1.82) is 0 Å². The quantitative estimate of drug-likeness (QED) is 0.612. The van der Waals surface area contributed by atoms with Gasteiger partial charge in [-0.2, -0.15) is 4.98 Å². The molecule has 1 aliphatic rings. The maximum absolute atomic E-state index is 5.49. The fourth-order valence-corrected chi connectivity index (χ4v) is 3.61. The van der Waals surface area contributed by atoms with Gasteiger partial charge in [-0.1, -0.05) is 48.5 Å². The van der Waals surface area contributed by atoms with Crippen LogP contribution in [-0.4, -0.2) is 53.2 Å². The lowest BCUT2D eigenvalue weighted by Gasteiger charge is -2.33. The molecule has 2 heterocycles. The van der Waals surface area contributed by atoms with E-state index in [4.69, 9.17) is 9.26 Å². The van der Waals surface area contributed by atoms with Gasteiger partial charge in [0.2, 0.25) is 11.7 Å². The molecule has 0 saturated carbocycles. The Labute approximate surface area is 172 Å². The summed E-state index contributed by atoms with van der Waals surface area (Å²) in [7, 11) is 1.70. The Bertz CT molecular complexity index is 897. The van der Waals surface area contributed by atoms with Crippen LogP contribution in [0.5, 0.6) is 5.75 Å². The van der Waals surface area contributed by atoms with Crippen LogP contribution in [-0.2, 0) is 19.5 Å². The lowest BCUT2D eigenvalue weighted by atomic mass is 10.1. The molecule has 0 spiro atoms. The van der Waals surface area contributed by atoms with Crippen LogP contribution in [0.1, 0.15) is 23.9 Å². The predicted octanol–water partition coefficient (Wildman–Crippen LogP) is 3.63. The summed E-state index contributed by atoms with van der Waals surface area (Å²) >= 11 is 0. The molecular weight excluding hydrogens is 364 g/mol. The molecule has 0 amide bonds. The molecule has 152 valence electrons.